The summed E-state index contributed by atoms with van der Waals surface area (Å²) in [5, 5.41) is 9.54. The highest BCUT2D eigenvalue weighted by atomic mass is 32.1. The second-order valence-corrected chi connectivity index (χ2v) is 10.9. The molecule has 1 aliphatic rings. The molecule has 0 unspecified atom stereocenters. The van der Waals surface area contributed by atoms with Gasteiger partial charge in [0.05, 0.1) is 23.0 Å². The Morgan fingerprint density at radius 2 is 1.74 bits per heavy atom. The van der Waals surface area contributed by atoms with E-state index in [4.69, 9.17) is 9.47 Å². The molecule has 43 heavy (non-hydrogen) atoms. The van der Waals surface area contributed by atoms with Gasteiger partial charge >= 0.3 is 0 Å². The zero-order valence-corrected chi connectivity index (χ0v) is 23.2. The van der Waals surface area contributed by atoms with Gasteiger partial charge in [0.2, 0.25) is 11.8 Å². The van der Waals surface area contributed by atoms with Crippen LogP contribution in [0.15, 0.2) is 73.2 Å². The third-order valence-electron chi connectivity index (χ3n) is 6.93. The maximum absolute atomic E-state index is 15.1. The Bertz CT molecular complexity index is 1830. The van der Waals surface area contributed by atoms with Crippen LogP contribution in [0.3, 0.4) is 0 Å². The predicted octanol–water partition coefficient (Wildman–Crippen LogP) is 5.76. The van der Waals surface area contributed by atoms with Crippen molar-refractivity contribution in [1.82, 2.24) is 14.8 Å². The lowest BCUT2D eigenvalue weighted by atomic mass is 10.0. The summed E-state index contributed by atoms with van der Waals surface area (Å²) in [7, 11) is 0. The Balaban J connectivity index is 1.14. The maximum Gasteiger partial charge on any atom is 0.293 e. The topological polar surface area (TPSA) is 124 Å². The van der Waals surface area contributed by atoms with Gasteiger partial charge in [0.15, 0.2) is 11.6 Å². The van der Waals surface area contributed by atoms with Crippen molar-refractivity contribution in [3.63, 3.8) is 0 Å². The zero-order chi connectivity index (χ0) is 30.0. The molecule has 3 aromatic heterocycles. The molecule has 6 rings (SSSR count). The Hall–Kier alpha value is -5.17. The number of pyridine rings is 1. The molecule has 0 saturated heterocycles. The first-order valence-corrected chi connectivity index (χ1v) is 14.0. The van der Waals surface area contributed by atoms with Crippen LogP contribution in [0.25, 0.3) is 20.7 Å². The lowest BCUT2D eigenvalue weighted by molar-refractivity contribution is -0.131. The Morgan fingerprint density at radius 3 is 2.47 bits per heavy atom. The van der Waals surface area contributed by atoms with E-state index < -0.39 is 28.9 Å². The first kappa shape index (κ1) is 28.0. The van der Waals surface area contributed by atoms with Crippen LogP contribution in [-0.2, 0) is 25.7 Å². The van der Waals surface area contributed by atoms with E-state index in [2.05, 4.69) is 20.7 Å². The fourth-order valence-corrected chi connectivity index (χ4v) is 5.48. The van der Waals surface area contributed by atoms with Crippen LogP contribution in [0, 0.1) is 17.0 Å². The number of halogens is 2. The van der Waals surface area contributed by atoms with Crippen molar-refractivity contribution in [2.45, 2.75) is 19.4 Å². The SMILES string of the molecule is O=COCCn1cc(-c2cc3nccc(Oc4ccc(NC(=O)C5(C(=O)Nc6ccc(F)cc6)CC5)cc4F)c3s2)cn1. The molecule has 0 spiro atoms. The van der Waals surface area contributed by atoms with E-state index in [1.54, 1.807) is 23.1 Å². The van der Waals surface area contributed by atoms with Gasteiger partial charge in [-0.25, -0.2) is 8.78 Å². The number of amides is 2. The minimum absolute atomic E-state index is 0.0568. The number of hydrogen-bond donors (Lipinski definition) is 2. The van der Waals surface area contributed by atoms with Crippen molar-refractivity contribution in [2.24, 2.45) is 5.41 Å². The van der Waals surface area contributed by atoms with Gasteiger partial charge in [-0.1, -0.05) is 0 Å². The lowest BCUT2D eigenvalue weighted by Crippen LogP contribution is -2.35. The first-order valence-electron chi connectivity index (χ1n) is 13.2. The van der Waals surface area contributed by atoms with Gasteiger partial charge in [-0.15, -0.1) is 11.3 Å². The van der Waals surface area contributed by atoms with Crippen LogP contribution < -0.4 is 15.4 Å². The summed E-state index contributed by atoms with van der Waals surface area (Å²) in [6.45, 7) is 1.01. The summed E-state index contributed by atoms with van der Waals surface area (Å²) in [6, 6.07) is 12.8. The average molecular weight is 604 g/mol. The highest BCUT2D eigenvalue weighted by Crippen LogP contribution is 2.48. The molecular formula is C30H23F2N5O5S. The normalized spacial score (nSPS) is 13.3. The van der Waals surface area contributed by atoms with E-state index in [1.165, 1.54) is 47.7 Å². The van der Waals surface area contributed by atoms with Crippen LogP contribution in [0.1, 0.15) is 12.8 Å². The van der Waals surface area contributed by atoms with Gasteiger partial charge in [0.1, 0.15) is 23.6 Å². The van der Waals surface area contributed by atoms with Crippen molar-refractivity contribution in [3.8, 4) is 21.9 Å². The summed E-state index contributed by atoms with van der Waals surface area (Å²) in [6.07, 6.45) is 5.76. The summed E-state index contributed by atoms with van der Waals surface area (Å²) < 4.78 is 41.3. The van der Waals surface area contributed by atoms with Crippen LogP contribution in [0.5, 0.6) is 11.5 Å². The number of rotatable bonds is 11. The minimum atomic E-state index is -1.28. The number of aromatic nitrogens is 3. The van der Waals surface area contributed by atoms with Crippen LogP contribution in [0.2, 0.25) is 0 Å². The number of benzene rings is 2. The van der Waals surface area contributed by atoms with E-state index in [0.717, 1.165) is 16.5 Å². The smallest absolute Gasteiger partial charge is 0.293 e. The summed E-state index contributed by atoms with van der Waals surface area (Å²) in [4.78, 5) is 41.4. The van der Waals surface area contributed by atoms with Crippen molar-refractivity contribution in [2.75, 3.05) is 17.2 Å². The summed E-state index contributed by atoms with van der Waals surface area (Å²) >= 11 is 1.40. The van der Waals surface area contributed by atoms with E-state index >= 15 is 4.39 Å². The standard InChI is InChI=1S/C30H23F2N5O5S/c31-19-1-3-20(4-2-19)35-28(39)30(8-9-30)29(40)36-21-5-6-24(22(32)13-21)42-25-7-10-33-23-14-26(43-27(23)25)18-15-34-37(16-18)11-12-41-17-38/h1-7,10,13-17H,8-9,11-12H2,(H,35,39)(H,36,40). The molecule has 1 fully saturated rings. The predicted molar refractivity (Wildman–Crippen MR) is 155 cm³/mol. The number of anilines is 2. The fraction of sp³-hybridized carbons (Fsp3) is 0.167. The Labute approximate surface area is 247 Å². The molecule has 2 N–H and O–H groups in total. The molecule has 1 aliphatic carbocycles. The highest BCUT2D eigenvalue weighted by molar-refractivity contribution is 7.22. The number of hydrogen-bond acceptors (Lipinski definition) is 8. The Kier molecular flexibility index (Phi) is 7.55. The molecule has 13 heteroatoms. The van der Waals surface area contributed by atoms with Crippen LogP contribution in [-0.4, -0.2) is 39.7 Å². The van der Waals surface area contributed by atoms with Crippen LogP contribution >= 0.6 is 11.3 Å². The molecule has 0 bridgehead atoms. The molecule has 3 heterocycles. The average Bonchev–Trinajstić information content (AvgIpc) is 3.48. The molecule has 2 amide bonds. The fourth-order valence-electron chi connectivity index (χ4n) is 4.44. The van der Waals surface area contributed by atoms with E-state index in [9.17, 15) is 18.8 Å². The molecule has 218 valence electrons. The lowest BCUT2D eigenvalue weighted by Gasteiger charge is -2.16. The van der Waals surface area contributed by atoms with Crippen molar-refractivity contribution in [1.29, 1.82) is 0 Å². The minimum Gasteiger partial charge on any atom is -0.466 e. The quantitative estimate of drug-likeness (QED) is 0.112. The molecule has 5 aromatic rings. The first-order chi connectivity index (χ1) is 20.8. The van der Waals surface area contributed by atoms with Gasteiger partial charge in [0.25, 0.3) is 6.47 Å². The second kappa shape index (κ2) is 11.6. The maximum atomic E-state index is 15.1. The third-order valence-corrected chi connectivity index (χ3v) is 8.12. The number of carbonyl (C=O) groups excluding carboxylic acids is 3. The van der Waals surface area contributed by atoms with Crippen molar-refractivity contribution in [3.05, 3.63) is 84.8 Å². The number of nitrogens with zero attached hydrogens (tertiary/aromatic N) is 3. The number of ether oxygens (including phenoxy) is 2. The zero-order valence-electron chi connectivity index (χ0n) is 22.4. The van der Waals surface area contributed by atoms with Gasteiger partial charge in [-0.2, -0.15) is 5.10 Å². The molecule has 0 radical (unpaired) electrons. The molecular weight excluding hydrogens is 580 g/mol. The summed E-state index contributed by atoms with van der Waals surface area (Å²) in [5.74, 6) is -1.87. The summed E-state index contributed by atoms with van der Waals surface area (Å²) in [5.41, 5.74) is 0.764. The molecule has 10 nitrogen and oxygen atoms in total. The van der Waals surface area contributed by atoms with Crippen LogP contribution in [0.4, 0.5) is 20.2 Å². The van der Waals surface area contributed by atoms with E-state index in [1.807, 2.05) is 12.3 Å². The number of thiophene rings is 1. The van der Waals surface area contributed by atoms with E-state index in [-0.39, 0.29) is 18.0 Å². The monoisotopic (exact) mass is 603 g/mol. The Morgan fingerprint density at radius 1 is 1.00 bits per heavy atom. The molecule has 2 aromatic carbocycles. The number of nitrogens with one attached hydrogen (secondary N) is 2. The molecule has 0 aliphatic heterocycles. The van der Waals surface area contributed by atoms with E-state index in [0.29, 0.717) is 47.5 Å². The number of fused-ring (bicyclic) bond motifs is 1. The highest BCUT2D eigenvalue weighted by Gasteiger charge is 2.56. The largest absolute Gasteiger partial charge is 0.466 e. The van der Waals surface area contributed by atoms with Gasteiger partial charge in [0, 0.05) is 46.3 Å². The third kappa shape index (κ3) is 5.93. The van der Waals surface area contributed by atoms with Gasteiger partial charge < -0.3 is 20.1 Å². The second-order valence-electron chi connectivity index (χ2n) is 9.84. The van der Waals surface area contributed by atoms with Gasteiger partial charge in [-0.3, -0.25) is 24.0 Å². The van der Waals surface area contributed by atoms with Gasteiger partial charge in [-0.05, 0) is 55.3 Å². The molecule has 1 saturated carbocycles. The number of carbonyl (C=O) groups is 3. The van der Waals surface area contributed by atoms with Crippen molar-refractivity contribution >= 4 is 51.2 Å². The van der Waals surface area contributed by atoms with Crippen molar-refractivity contribution < 1.29 is 32.6 Å². The molecule has 0 atom stereocenters.